The highest BCUT2D eigenvalue weighted by Gasteiger charge is 2.26. The molecule has 1 fully saturated rings. The second-order valence-corrected chi connectivity index (χ2v) is 3.67. The van der Waals surface area contributed by atoms with E-state index in [-0.39, 0.29) is 17.8 Å². The van der Waals surface area contributed by atoms with E-state index in [0.717, 1.165) is 0 Å². The number of nitrogens with one attached hydrogen (secondary N) is 1. The van der Waals surface area contributed by atoms with Crippen LogP contribution in [0, 0.1) is 5.82 Å². The van der Waals surface area contributed by atoms with Crippen LogP contribution < -0.4 is 5.32 Å². The van der Waals surface area contributed by atoms with E-state index in [2.05, 4.69) is 5.32 Å². The Labute approximate surface area is 96.8 Å². The normalized spacial score (nSPS) is 18.9. The first-order valence-corrected chi connectivity index (χ1v) is 5.10. The number of aliphatic hydroxyl groups excluding tert-OH is 1. The first kappa shape index (κ1) is 11.3. The second kappa shape index (κ2) is 4.37. The maximum Gasteiger partial charge on any atom is 0.292 e. The molecule has 1 saturated heterocycles. The van der Waals surface area contributed by atoms with Gasteiger partial charge in [-0.05, 0) is 30.7 Å². The van der Waals surface area contributed by atoms with Crippen LogP contribution in [0.1, 0.15) is 12.0 Å². The molecule has 1 heterocycles. The molecule has 0 unspecified atom stereocenters. The molecule has 0 bridgehead atoms. The quantitative estimate of drug-likeness (QED) is 0.436. The number of Topliss-reactive ketones (excluding diaryl/α,β-unsaturated/α-hetero) is 1. The van der Waals surface area contributed by atoms with Gasteiger partial charge in [-0.15, -0.1) is 0 Å². The molecule has 0 saturated carbocycles. The van der Waals surface area contributed by atoms with Crippen LogP contribution in [0.5, 0.6) is 0 Å². The summed E-state index contributed by atoms with van der Waals surface area (Å²) >= 11 is 0. The summed E-state index contributed by atoms with van der Waals surface area (Å²) in [6, 6.07) is 5.08. The van der Waals surface area contributed by atoms with Crippen LogP contribution in [0.15, 0.2) is 29.8 Å². The van der Waals surface area contributed by atoms with E-state index >= 15 is 0 Å². The number of benzene rings is 1. The molecule has 4 nitrogen and oxygen atoms in total. The third kappa shape index (κ3) is 2.18. The molecule has 1 aromatic rings. The van der Waals surface area contributed by atoms with E-state index in [1.54, 1.807) is 0 Å². The van der Waals surface area contributed by atoms with E-state index < -0.39 is 17.5 Å². The van der Waals surface area contributed by atoms with Crippen molar-refractivity contribution in [2.45, 2.75) is 6.42 Å². The molecular weight excluding hydrogens is 225 g/mol. The van der Waals surface area contributed by atoms with Crippen molar-refractivity contribution in [3.05, 3.63) is 41.2 Å². The standard InChI is InChI=1S/C12H10FNO3/c13-8-3-1-7(2-4-8)10(15)9-5-6-14-12(17)11(9)16/h1-4,15H,5-6H2,(H,14,17)/b10-9+. The average Bonchev–Trinajstić information content (AvgIpc) is 2.33. The van der Waals surface area contributed by atoms with Gasteiger partial charge in [-0.3, -0.25) is 9.59 Å². The fourth-order valence-corrected chi connectivity index (χ4v) is 1.64. The summed E-state index contributed by atoms with van der Waals surface area (Å²) in [4.78, 5) is 22.6. The number of carbonyl (C=O) groups excluding carboxylic acids is 2. The predicted octanol–water partition coefficient (Wildman–Crippen LogP) is 1.18. The van der Waals surface area contributed by atoms with Crippen LogP contribution in [0.3, 0.4) is 0 Å². The third-order valence-corrected chi connectivity index (χ3v) is 2.54. The number of rotatable bonds is 1. The molecule has 1 aliphatic heterocycles. The topological polar surface area (TPSA) is 66.4 Å². The number of hydrogen-bond acceptors (Lipinski definition) is 3. The molecule has 0 aliphatic carbocycles. The van der Waals surface area contributed by atoms with Crippen molar-refractivity contribution < 1.29 is 19.1 Å². The molecule has 0 spiro atoms. The zero-order valence-corrected chi connectivity index (χ0v) is 8.87. The summed E-state index contributed by atoms with van der Waals surface area (Å²) in [5, 5.41) is 12.3. The number of carbonyl (C=O) groups is 2. The van der Waals surface area contributed by atoms with Gasteiger partial charge in [0, 0.05) is 17.7 Å². The monoisotopic (exact) mass is 235 g/mol. The Morgan fingerprint density at radius 1 is 1.24 bits per heavy atom. The van der Waals surface area contributed by atoms with Gasteiger partial charge < -0.3 is 10.4 Å². The SMILES string of the molecule is O=C1NCC/C(=C(\O)c2ccc(F)cc2)C1=O. The fourth-order valence-electron chi connectivity index (χ4n) is 1.64. The predicted molar refractivity (Wildman–Crippen MR) is 58.6 cm³/mol. The van der Waals surface area contributed by atoms with Crippen LogP contribution in [-0.2, 0) is 9.59 Å². The lowest BCUT2D eigenvalue weighted by Gasteiger charge is -2.15. The van der Waals surface area contributed by atoms with Crippen LogP contribution in [-0.4, -0.2) is 23.3 Å². The minimum Gasteiger partial charge on any atom is -0.507 e. The summed E-state index contributed by atoms with van der Waals surface area (Å²) in [5.41, 5.74) is 0.393. The van der Waals surface area contributed by atoms with Gasteiger partial charge in [-0.2, -0.15) is 0 Å². The van der Waals surface area contributed by atoms with Gasteiger partial charge in [-0.25, -0.2) is 4.39 Å². The third-order valence-electron chi connectivity index (χ3n) is 2.54. The second-order valence-electron chi connectivity index (χ2n) is 3.67. The number of piperidine rings is 1. The van der Waals surface area contributed by atoms with Gasteiger partial charge in [0.05, 0.1) is 0 Å². The molecule has 1 aliphatic rings. The van der Waals surface area contributed by atoms with E-state index in [9.17, 15) is 19.1 Å². The van der Waals surface area contributed by atoms with Gasteiger partial charge in [0.2, 0.25) is 5.78 Å². The van der Waals surface area contributed by atoms with Crippen molar-refractivity contribution >= 4 is 17.4 Å². The summed E-state index contributed by atoms with van der Waals surface area (Å²) in [6.45, 7) is 0.311. The fraction of sp³-hybridized carbons (Fsp3) is 0.167. The Kier molecular flexibility index (Phi) is 2.91. The highest BCUT2D eigenvalue weighted by atomic mass is 19.1. The highest BCUT2D eigenvalue weighted by Crippen LogP contribution is 2.21. The Balaban J connectivity index is 2.40. The number of ketones is 1. The number of aliphatic hydroxyl groups is 1. The summed E-state index contributed by atoms with van der Waals surface area (Å²) in [5.74, 6) is -2.15. The Morgan fingerprint density at radius 2 is 1.88 bits per heavy atom. The highest BCUT2D eigenvalue weighted by molar-refractivity contribution is 6.44. The first-order valence-electron chi connectivity index (χ1n) is 5.10. The smallest absolute Gasteiger partial charge is 0.292 e. The van der Waals surface area contributed by atoms with Crippen LogP contribution in [0.2, 0.25) is 0 Å². The van der Waals surface area contributed by atoms with E-state index in [1.807, 2.05) is 0 Å². The lowest BCUT2D eigenvalue weighted by atomic mass is 9.98. The van der Waals surface area contributed by atoms with Crippen LogP contribution >= 0.6 is 0 Å². The van der Waals surface area contributed by atoms with Crippen LogP contribution in [0.4, 0.5) is 4.39 Å². The van der Waals surface area contributed by atoms with Crippen molar-refractivity contribution in [2.75, 3.05) is 6.54 Å². The first-order chi connectivity index (χ1) is 8.09. The van der Waals surface area contributed by atoms with E-state index in [4.69, 9.17) is 0 Å². The molecular formula is C12H10FNO3. The molecule has 0 atom stereocenters. The maximum atomic E-state index is 12.7. The van der Waals surface area contributed by atoms with Crippen molar-refractivity contribution in [3.8, 4) is 0 Å². The Bertz CT molecular complexity index is 505. The number of halogens is 1. The zero-order chi connectivity index (χ0) is 12.4. The van der Waals surface area contributed by atoms with Crippen molar-refractivity contribution in [1.29, 1.82) is 0 Å². The van der Waals surface area contributed by atoms with Crippen molar-refractivity contribution in [1.82, 2.24) is 5.32 Å². The molecule has 0 aromatic heterocycles. The Morgan fingerprint density at radius 3 is 2.53 bits per heavy atom. The van der Waals surface area contributed by atoms with Gasteiger partial charge in [-0.1, -0.05) is 0 Å². The van der Waals surface area contributed by atoms with Gasteiger partial charge in [0.25, 0.3) is 5.91 Å². The zero-order valence-electron chi connectivity index (χ0n) is 8.87. The Hall–Kier alpha value is -2.17. The largest absolute Gasteiger partial charge is 0.507 e. The minimum absolute atomic E-state index is 0.0698. The van der Waals surface area contributed by atoms with Crippen molar-refractivity contribution in [2.24, 2.45) is 0 Å². The molecule has 0 radical (unpaired) electrons. The lowest BCUT2D eigenvalue weighted by molar-refractivity contribution is -0.136. The molecule has 17 heavy (non-hydrogen) atoms. The molecule has 2 N–H and O–H groups in total. The van der Waals surface area contributed by atoms with Crippen molar-refractivity contribution in [3.63, 3.8) is 0 Å². The van der Waals surface area contributed by atoms with E-state index in [1.165, 1.54) is 24.3 Å². The number of hydrogen-bond donors (Lipinski definition) is 2. The maximum absolute atomic E-state index is 12.7. The average molecular weight is 235 g/mol. The lowest BCUT2D eigenvalue weighted by Crippen LogP contribution is -2.38. The number of amides is 1. The summed E-state index contributed by atoms with van der Waals surface area (Å²) in [7, 11) is 0. The van der Waals surface area contributed by atoms with Crippen LogP contribution in [0.25, 0.3) is 5.76 Å². The summed E-state index contributed by atoms with van der Waals surface area (Å²) in [6.07, 6.45) is 0.272. The van der Waals surface area contributed by atoms with Gasteiger partial charge in [0.1, 0.15) is 11.6 Å². The van der Waals surface area contributed by atoms with E-state index in [0.29, 0.717) is 12.1 Å². The molecule has 88 valence electrons. The van der Waals surface area contributed by atoms with Gasteiger partial charge in [0.15, 0.2) is 0 Å². The molecule has 2 rings (SSSR count). The molecule has 1 aromatic carbocycles. The minimum atomic E-state index is -0.738. The summed E-state index contributed by atoms with van der Waals surface area (Å²) < 4.78 is 12.7. The molecule has 5 heteroatoms. The van der Waals surface area contributed by atoms with Gasteiger partial charge >= 0.3 is 0 Å². The molecule has 1 amide bonds.